The Bertz CT molecular complexity index is 371. The molecule has 8 heteroatoms. The summed E-state index contributed by atoms with van der Waals surface area (Å²) in [7, 11) is 1.47. The van der Waals surface area contributed by atoms with Gasteiger partial charge in [-0.15, -0.1) is 0 Å². The van der Waals surface area contributed by atoms with Gasteiger partial charge in [0.15, 0.2) is 5.96 Å². The fourth-order valence-electron chi connectivity index (χ4n) is 2.67. The van der Waals surface area contributed by atoms with Crippen LogP contribution in [0.5, 0.6) is 0 Å². The van der Waals surface area contributed by atoms with Gasteiger partial charge in [0, 0.05) is 26.2 Å². The number of aliphatic imine (C=N–C) groups is 1. The molecule has 0 bridgehead atoms. The summed E-state index contributed by atoms with van der Waals surface area (Å²) in [6, 6.07) is 0. The second kappa shape index (κ2) is 12.4. The molecule has 0 spiro atoms. The minimum absolute atomic E-state index is 0.00989. The van der Waals surface area contributed by atoms with Crippen molar-refractivity contribution in [2.75, 3.05) is 46.4 Å². The van der Waals surface area contributed by atoms with Gasteiger partial charge in [-0.3, -0.25) is 9.89 Å². The van der Waals surface area contributed by atoms with E-state index in [-0.39, 0.29) is 12.0 Å². The monoisotopic (exact) mass is 368 g/mol. The maximum Gasteiger partial charge on any atom is 0.401 e. The van der Waals surface area contributed by atoms with Gasteiger partial charge in [0.25, 0.3) is 0 Å². The number of hydrogen-bond donors (Lipinski definition) is 3. The highest BCUT2D eigenvalue weighted by atomic mass is 19.4. The van der Waals surface area contributed by atoms with E-state index in [9.17, 15) is 18.3 Å². The minimum Gasteiger partial charge on any atom is -0.396 e. The third-order valence-corrected chi connectivity index (χ3v) is 4.52. The number of nitrogens with one attached hydrogen (secondary N) is 2. The van der Waals surface area contributed by atoms with Crippen LogP contribution in [0.3, 0.4) is 0 Å². The normalized spacial score (nSPS) is 13.4. The Morgan fingerprint density at radius 1 is 1.12 bits per heavy atom. The van der Waals surface area contributed by atoms with Crippen LogP contribution in [-0.2, 0) is 0 Å². The van der Waals surface area contributed by atoms with Crippen LogP contribution < -0.4 is 10.6 Å². The summed E-state index contributed by atoms with van der Waals surface area (Å²) in [5.41, 5.74) is -0.00989. The van der Waals surface area contributed by atoms with Crippen LogP contribution >= 0.6 is 0 Å². The van der Waals surface area contributed by atoms with Crippen molar-refractivity contribution in [1.82, 2.24) is 15.5 Å². The molecule has 0 rings (SSSR count). The van der Waals surface area contributed by atoms with Gasteiger partial charge in [0.1, 0.15) is 0 Å². The van der Waals surface area contributed by atoms with E-state index in [0.29, 0.717) is 45.0 Å². The molecule has 0 aliphatic carbocycles. The highest BCUT2D eigenvalue weighted by Gasteiger charge is 2.28. The van der Waals surface area contributed by atoms with Crippen molar-refractivity contribution >= 4 is 5.96 Å². The Labute approximate surface area is 150 Å². The molecule has 0 atom stereocenters. The van der Waals surface area contributed by atoms with E-state index in [4.69, 9.17) is 0 Å². The first kappa shape index (κ1) is 24.0. The van der Waals surface area contributed by atoms with E-state index < -0.39 is 12.7 Å². The van der Waals surface area contributed by atoms with E-state index in [1.165, 1.54) is 11.9 Å². The lowest BCUT2D eigenvalue weighted by molar-refractivity contribution is -0.143. The summed E-state index contributed by atoms with van der Waals surface area (Å²) in [5.74, 6) is 0.671. The van der Waals surface area contributed by atoms with Crippen LogP contribution in [-0.4, -0.2) is 68.5 Å². The van der Waals surface area contributed by atoms with Gasteiger partial charge in [-0.1, -0.05) is 13.8 Å². The van der Waals surface area contributed by atoms with Gasteiger partial charge in [0.2, 0.25) is 0 Å². The number of halogens is 3. The highest BCUT2D eigenvalue weighted by Crippen LogP contribution is 2.30. The first-order chi connectivity index (χ1) is 11.7. The van der Waals surface area contributed by atoms with Crippen LogP contribution in [0.1, 0.15) is 46.5 Å². The van der Waals surface area contributed by atoms with Crippen LogP contribution in [0.4, 0.5) is 13.2 Å². The SMILES string of the molecule is CCNC(=NCC(CC)(CC)CCO)NCCCN(C)CC(F)(F)F. The van der Waals surface area contributed by atoms with Crippen molar-refractivity contribution in [3.63, 3.8) is 0 Å². The topological polar surface area (TPSA) is 59.9 Å². The molecule has 0 saturated carbocycles. The van der Waals surface area contributed by atoms with E-state index in [1.54, 1.807) is 0 Å². The van der Waals surface area contributed by atoms with E-state index >= 15 is 0 Å². The fraction of sp³-hybridized carbons (Fsp3) is 0.941. The largest absolute Gasteiger partial charge is 0.401 e. The van der Waals surface area contributed by atoms with E-state index in [2.05, 4.69) is 29.5 Å². The summed E-state index contributed by atoms with van der Waals surface area (Å²) in [6.45, 7) is 7.68. The molecule has 3 N–H and O–H groups in total. The zero-order valence-electron chi connectivity index (χ0n) is 16.0. The second-order valence-corrected chi connectivity index (χ2v) is 6.51. The molecule has 0 amide bonds. The molecule has 0 unspecified atom stereocenters. The zero-order chi connectivity index (χ0) is 19.3. The smallest absolute Gasteiger partial charge is 0.396 e. The van der Waals surface area contributed by atoms with Crippen LogP contribution in [0.15, 0.2) is 4.99 Å². The standard InChI is InChI=1S/C17H35F3N4O/c1-5-16(6-2,9-12-25)13-23-15(21-7-3)22-10-8-11-24(4)14-17(18,19)20/h25H,5-14H2,1-4H3,(H2,21,22,23). The molecule has 25 heavy (non-hydrogen) atoms. The first-order valence-electron chi connectivity index (χ1n) is 9.10. The van der Waals surface area contributed by atoms with Crippen molar-refractivity contribution in [3.8, 4) is 0 Å². The van der Waals surface area contributed by atoms with Crippen LogP contribution in [0, 0.1) is 5.41 Å². The summed E-state index contributed by atoms with van der Waals surface area (Å²) in [4.78, 5) is 5.88. The quantitative estimate of drug-likeness (QED) is 0.282. The number of aliphatic hydroxyl groups is 1. The highest BCUT2D eigenvalue weighted by molar-refractivity contribution is 5.79. The fourth-order valence-corrected chi connectivity index (χ4v) is 2.67. The summed E-state index contributed by atoms with van der Waals surface area (Å²) < 4.78 is 36.8. The Morgan fingerprint density at radius 2 is 1.76 bits per heavy atom. The Morgan fingerprint density at radius 3 is 2.24 bits per heavy atom. The Kier molecular flexibility index (Phi) is 11.8. The van der Waals surface area contributed by atoms with Gasteiger partial charge in [-0.25, -0.2) is 0 Å². The number of alkyl halides is 3. The number of aliphatic hydroxyl groups excluding tert-OH is 1. The third kappa shape index (κ3) is 11.3. The van der Waals surface area contributed by atoms with Gasteiger partial charge in [0.05, 0.1) is 6.54 Å². The molecule has 0 heterocycles. The second-order valence-electron chi connectivity index (χ2n) is 6.51. The predicted molar refractivity (Wildman–Crippen MR) is 96.9 cm³/mol. The molecule has 0 fully saturated rings. The third-order valence-electron chi connectivity index (χ3n) is 4.52. The summed E-state index contributed by atoms with van der Waals surface area (Å²) in [5, 5.41) is 15.6. The van der Waals surface area contributed by atoms with Crippen molar-refractivity contribution in [2.24, 2.45) is 10.4 Å². The number of nitrogens with zero attached hydrogens (tertiary/aromatic N) is 2. The molecule has 0 aromatic heterocycles. The van der Waals surface area contributed by atoms with Crippen molar-refractivity contribution in [3.05, 3.63) is 0 Å². The molecule has 0 aromatic rings. The lowest BCUT2D eigenvalue weighted by Gasteiger charge is -2.29. The maximum atomic E-state index is 12.3. The molecule has 150 valence electrons. The predicted octanol–water partition coefficient (Wildman–Crippen LogP) is 2.61. The first-order valence-corrected chi connectivity index (χ1v) is 9.10. The lowest BCUT2D eigenvalue weighted by atomic mass is 9.79. The van der Waals surface area contributed by atoms with Gasteiger partial charge >= 0.3 is 6.18 Å². The van der Waals surface area contributed by atoms with Crippen molar-refractivity contribution in [1.29, 1.82) is 0 Å². The summed E-state index contributed by atoms with van der Waals surface area (Å²) >= 11 is 0. The molecule has 0 saturated heterocycles. The maximum absolute atomic E-state index is 12.3. The Hall–Kier alpha value is -1.02. The average molecular weight is 368 g/mol. The van der Waals surface area contributed by atoms with Crippen molar-refractivity contribution < 1.29 is 18.3 Å². The minimum atomic E-state index is -4.16. The molecular formula is C17H35F3N4O. The van der Waals surface area contributed by atoms with Crippen LogP contribution in [0.2, 0.25) is 0 Å². The molecule has 0 aromatic carbocycles. The van der Waals surface area contributed by atoms with Crippen LogP contribution in [0.25, 0.3) is 0 Å². The van der Waals surface area contributed by atoms with Gasteiger partial charge in [-0.2, -0.15) is 13.2 Å². The average Bonchev–Trinajstić information content (AvgIpc) is 2.53. The van der Waals surface area contributed by atoms with E-state index in [1.807, 2.05) is 6.92 Å². The number of guanidine groups is 1. The van der Waals surface area contributed by atoms with Gasteiger partial charge < -0.3 is 15.7 Å². The van der Waals surface area contributed by atoms with E-state index in [0.717, 1.165) is 12.8 Å². The summed E-state index contributed by atoms with van der Waals surface area (Å²) in [6.07, 6.45) is -0.967. The molecular weight excluding hydrogens is 333 g/mol. The lowest BCUT2D eigenvalue weighted by Crippen LogP contribution is -2.40. The zero-order valence-corrected chi connectivity index (χ0v) is 16.0. The molecule has 5 nitrogen and oxygen atoms in total. The number of rotatable bonds is 12. The molecule has 0 radical (unpaired) electrons. The van der Waals surface area contributed by atoms with Gasteiger partial charge in [-0.05, 0) is 51.6 Å². The molecule has 0 aliphatic heterocycles. The number of hydrogen-bond acceptors (Lipinski definition) is 3. The molecule has 0 aliphatic rings. The van der Waals surface area contributed by atoms with Crippen molar-refractivity contribution in [2.45, 2.75) is 52.6 Å². The Balaban J connectivity index is 4.45.